The van der Waals surface area contributed by atoms with Gasteiger partial charge in [-0.15, -0.1) is 0 Å². The highest BCUT2D eigenvalue weighted by Crippen LogP contribution is 2.36. The summed E-state index contributed by atoms with van der Waals surface area (Å²) in [6, 6.07) is 0. The van der Waals surface area contributed by atoms with Gasteiger partial charge in [-0.2, -0.15) is 12.6 Å². The molecule has 0 spiro atoms. The van der Waals surface area contributed by atoms with Gasteiger partial charge >= 0.3 is 0 Å². The summed E-state index contributed by atoms with van der Waals surface area (Å²) < 4.78 is 0.0584. The molecule has 0 saturated carbocycles. The molecule has 2 heteroatoms. The lowest BCUT2D eigenvalue weighted by molar-refractivity contribution is 0.265. The molecule has 0 radical (unpaired) electrons. The van der Waals surface area contributed by atoms with Crippen molar-refractivity contribution >= 4 is 12.6 Å². The Morgan fingerprint density at radius 3 is 1.92 bits per heavy atom. The largest absolute Gasteiger partial charge is 0.330 e. The Bertz CT molecular complexity index is 132. The molecule has 0 aliphatic heterocycles. The first-order chi connectivity index (χ1) is 5.34. The van der Waals surface area contributed by atoms with Crippen LogP contribution in [0.2, 0.25) is 0 Å². The third-order valence-electron chi connectivity index (χ3n) is 3.27. The Labute approximate surface area is 82.5 Å². The maximum Gasteiger partial charge on any atom is 0.0167 e. The van der Waals surface area contributed by atoms with E-state index in [4.69, 9.17) is 18.4 Å². The minimum atomic E-state index is 0.0584. The summed E-state index contributed by atoms with van der Waals surface area (Å²) in [6.45, 7) is 11.8. The predicted molar refractivity (Wildman–Crippen MR) is 59.6 cm³/mol. The van der Waals surface area contributed by atoms with Gasteiger partial charge in [0, 0.05) is 4.75 Å². The van der Waals surface area contributed by atoms with Crippen molar-refractivity contribution in [2.24, 2.45) is 23.5 Å². The molecule has 0 saturated heterocycles. The van der Waals surface area contributed by atoms with Gasteiger partial charge in [0.05, 0.1) is 0 Å². The fourth-order valence-electron chi connectivity index (χ4n) is 1.36. The van der Waals surface area contributed by atoms with E-state index >= 15 is 0 Å². The molecule has 0 bridgehead atoms. The first-order valence-corrected chi connectivity index (χ1v) is 5.21. The lowest BCUT2D eigenvalue weighted by atomic mass is 9.78. The smallest absolute Gasteiger partial charge is 0.0167 e. The van der Waals surface area contributed by atoms with Gasteiger partial charge in [0.1, 0.15) is 0 Å². The zero-order chi connectivity index (χ0) is 9.94. The van der Waals surface area contributed by atoms with E-state index < -0.39 is 0 Å². The Morgan fingerprint density at radius 1 is 1.25 bits per heavy atom. The maximum atomic E-state index is 5.65. The third-order valence-corrected chi connectivity index (χ3v) is 4.12. The molecule has 3 atom stereocenters. The summed E-state index contributed by atoms with van der Waals surface area (Å²) in [6.07, 6.45) is 0. The average molecular weight is 189 g/mol. The minimum Gasteiger partial charge on any atom is -0.330 e. The molecule has 0 amide bonds. The molecular weight excluding hydrogens is 166 g/mol. The summed E-state index contributed by atoms with van der Waals surface area (Å²) in [4.78, 5) is 0. The van der Waals surface area contributed by atoms with Crippen LogP contribution in [0.1, 0.15) is 34.6 Å². The Morgan fingerprint density at radius 2 is 1.67 bits per heavy atom. The van der Waals surface area contributed by atoms with Gasteiger partial charge in [0.25, 0.3) is 0 Å². The number of hydrogen-bond acceptors (Lipinski definition) is 2. The van der Waals surface area contributed by atoms with Crippen LogP contribution in [-0.2, 0) is 0 Å². The second-order valence-electron chi connectivity index (χ2n) is 4.40. The van der Waals surface area contributed by atoms with Crippen molar-refractivity contribution in [1.29, 1.82) is 0 Å². The van der Waals surface area contributed by atoms with Gasteiger partial charge in [-0.1, -0.05) is 34.6 Å². The van der Waals surface area contributed by atoms with Crippen LogP contribution in [0, 0.1) is 17.8 Å². The van der Waals surface area contributed by atoms with Crippen LogP contribution in [-0.4, -0.2) is 11.3 Å². The van der Waals surface area contributed by atoms with E-state index in [1.165, 1.54) is 0 Å². The summed E-state index contributed by atoms with van der Waals surface area (Å²) in [5.74, 6) is 1.74. The molecule has 1 unspecified atom stereocenters. The van der Waals surface area contributed by atoms with E-state index in [1.807, 2.05) is 0 Å². The standard InChI is InChI=1S/C10H23NS/c1-7(2)9(4)10(5,12)8(3)6-11/h7-9,12H,6,11H2,1-5H3/t8?,9-,10+/m1/s1. The zero-order valence-corrected chi connectivity index (χ0v) is 9.86. The van der Waals surface area contributed by atoms with Crippen LogP contribution in [0.25, 0.3) is 0 Å². The van der Waals surface area contributed by atoms with Crippen LogP contribution >= 0.6 is 12.6 Å². The van der Waals surface area contributed by atoms with Crippen LogP contribution in [0.15, 0.2) is 0 Å². The summed E-state index contributed by atoms with van der Waals surface area (Å²) in [7, 11) is 0. The van der Waals surface area contributed by atoms with Crippen LogP contribution in [0.4, 0.5) is 0 Å². The van der Waals surface area contributed by atoms with Gasteiger partial charge < -0.3 is 5.73 Å². The van der Waals surface area contributed by atoms with Crippen molar-refractivity contribution in [3.63, 3.8) is 0 Å². The van der Waals surface area contributed by atoms with Crippen LogP contribution < -0.4 is 5.73 Å². The highest BCUT2D eigenvalue weighted by molar-refractivity contribution is 7.81. The van der Waals surface area contributed by atoms with E-state index in [2.05, 4.69) is 34.6 Å². The Hall–Kier alpha value is 0.310. The molecule has 0 aromatic carbocycles. The molecule has 74 valence electrons. The first kappa shape index (κ1) is 12.3. The topological polar surface area (TPSA) is 26.0 Å². The van der Waals surface area contributed by atoms with Crippen molar-refractivity contribution in [3.05, 3.63) is 0 Å². The van der Waals surface area contributed by atoms with Gasteiger partial charge in [0.15, 0.2) is 0 Å². The number of hydrogen-bond donors (Lipinski definition) is 2. The van der Waals surface area contributed by atoms with E-state index in [9.17, 15) is 0 Å². The molecule has 1 nitrogen and oxygen atoms in total. The number of thiol groups is 1. The summed E-state index contributed by atoms with van der Waals surface area (Å²) >= 11 is 4.72. The zero-order valence-electron chi connectivity index (χ0n) is 8.96. The molecule has 0 heterocycles. The molecule has 2 N–H and O–H groups in total. The summed E-state index contributed by atoms with van der Waals surface area (Å²) in [5, 5.41) is 0. The fraction of sp³-hybridized carbons (Fsp3) is 1.00. The predicted octanol–water partition coefficient (Wildman–Crippen LogP) is 2.56. The molecule has 0 fully saturated rings. The second-order valence-corrected chi connectivity index (χ2v) is 5.36. The minimum absolute atomic E-state index is 0.0584. The molecule has 0 aliphatic carbocycles. The number of rotatable bonds is 4. The summed E-state index contributed by atoms with van der Waals surface area (Å²) in [5.41, 5.74) is 5.65. The first-order valence-electron chi connectivity index (χ1n) is 4.76. The van der Waals surface area contributed by atoms with Gasteiger partial charge in [-0.25, -0.2) is 0 Å². The van der Waals surface area contributed by atoms with Crippen molar-refractivity contribution in [1.82, 2.24) is 0 Å². The lowest BCUT2D eigenvalue weighted by Crippen LogP contribution is -2.40. The number of nitrogens with two attached hydrogens (primary N) is 1. The van der Waals surface area contributed by atoms with E-state index in [1.54, 1.807) is 0 Å². The average Bonchev–Trinajstić information content (AvgIpc) is 2.01. The Balaban J connectivity index is 4.37. The van der Waals surface area contributed by atoms with Gasteiger partial charge in [-0.05, 0) is 24.3 Å². The van der Waals surface area contributed by atoms with E-state index in [0.29, 0.717) is 17.8 Å². The molecule has 0 rings (SSSR count). The molecule has 0 aliphatic rings. The highest BCUT2D eigenvalue weighted by Gasteiger charge is 2.33. The monoisotopic (exact) mass is 189 g/mol. The quantitative estimate of drug-likeness (QED) is 0.653. The Kier molecular flexibility index (Phi) is 4.64. The van der Waals surface area contributed by atoms with Gasteiger partial charge in [-0.3, -0.25) is 0 Å². The van der Waals surface area contributed by atoms with Crippen LogP contribution in [0.3, 0.4) is 0 Å². The van der Waals surface area contributed by atoms with Crippen molar-refractivity contribution in [2.45, 2.75) is 39.4 Å². The van der Waals surface area contributed by atoms with Crippen molar-refractivity contribution < 1.29 is 0 Å². The molecular formula is C10H23NS. The SMILES string of the molecule is CC(C)[C@@H](C)[C@@](C)(S)C(C)CN. The second kappa shape index (κ2) is 4.52. The van der Waals surface area contributed by atoms with Crippen LogP contribution in [0.5, 0.6) is 0 Å². The van der Waals surface area contributed by atoms with Crippen molar-refractivity contribution in [3.8, 4) is 0 Å². The third kappa shape index (κ3) is 2.67. The normalized spacial score (nSPS) is 22.0. The fourth-order valence-corrected chi connectivity index (χ4v) is 1.77. The molecule has 0 aromatic heterocycles. The molecule has 0 aromatic rings. The maximum absolute atomic E-state index is 5.65. The van der Waals surface area contributed by atoms with E-state index in [-0.39, 0.29) is 4.75 Å². The molecule has 12 heavy (non-hydrogen) atoms. The highest BCUT2D eigenvalue weighted by atomic mass is 32.1. The van der Waals surface area contributed by atoms with E-state index in [0.717, 1.165) is 6.54 Å². The van der Waals surface area contributed by atoms with Gasteiger partial charge in [0.2, 0.25) is 0 Å². The lowest BCUT2D eigenvalue weighted by Gasteiger charge is -2.38. The van der Waals surface area contributed by atoms with Crippen molar-refractivity contribution in [2.75, 3.05) is 6.54 Å².